The standard InChI is InChI=1S/C21H19NO2S2/c1-21(2,19(23)24)26-20(25)22(16-11-4-3-5-12-16)18-14-8-10-15-9-6-7-13-17(15)18/h3-14H,1-2H3,(H,23,24). The summed E-state index contributed by atoms with van der Waals surface area (Å²) >= 11 is 6.87. The van der Waals surface area contributed by atoms with Crippen molar-refractivity contribution in [1.29, 1.82) is 0 Å². The predicted octanol–water partition coefficient (Wildman–Crippen LogP) is 5.86. The summed E-state index contributed by atoms with van der Waals surface area (Å²) in [6, 6.07) is 23.9. The van der Waals surface area contributed by atoms with Crippen molar-refractivity contribution in [2.24, 2.45) is 0 Å². The van der Waals surface area contributed by atoms with E-state index in [9.17, 15) is 9.90 Å². The van der Waals surface area contributed by atoms with Crippen LogP contribution >= 0.6 is 24.0 Å². The second-order valence-corrected chi connectivity index (χ2v) is 8.61. The molecule has 0 aromatic heterocycles. The topological polar surface area (TPSA) is 40.5 Å². The smallest absolute Gasteiger partial charge is 0.319 e. The zero-order valence-corrected chi connectivity index (χ0v) is 16.2. The minimum absolute atomic E-state index is 0.500. The fourth-order valence-corrected chi connectivity index (χ4v) is 4.28. The Kier molecular flexibility index (Phi) is 5.30. The molecule has 26 heavy (non-hydrogen) atoms. The molecule has 0 unspecified atom stereocenters. The maximum Gasteiger partial charge on any atom is 0.319 e. The van der Waals surface area contributed by atoms with E-state index in [-0.39, 0.29) is 0 Å². The van der Waals surface area contributed by atoms with Crippen LogP contribution in [0, 0.1) is 0 Å². The van der Waals surface area contributed by atoms with Crippen LogP contribution in [0.3, 0.4) is 0 Å². The number of hydrogen-bond acceptors (Lipinski definition) is 3. The second kappa shape index (κ2) is 7.48. The van der Waals surface area contributed by atoms with Gasteiger partial charge in [0.05, 0.1) is 5.69 Å². The molecule has 0 bridgehead atoms. The molecule has 0 aliphatic carbocycles. The van der Waals surface area contributed by atoms with Gasteiger partial charge in [0.25, 0.3) is 0 Å². The molecule has 0 atom stereocenters. The summed E-state index contributed by atoms with van der Waals surface area (Å²) < 4.78 is -0.519. The third kappa shape index (κ3) is 3.74. The molecule has 0 saturated carbocycles. The zero-order valence-electron chi connectivity index (χ0n) is 14.5. The highest BCUT2D eigenvalue weighted by molar-refractivity contribution is 8.24. The Morgan fingerprint density at radius 3 is 2.27 bits per heavy atom. The number of thioether (sulfide) groups is 1. The van der Waals surface area contributed by atoms with Gasteiger partial charge in [-0.05, 0) is 37.4 Å². The fourth-order valence-electron chi connectivity index (χ4n) is 2.63. The van der Waals surface area contributed by atoms with Crippen molar-refractivity contribution in [1.82, 2.24) is 0 Å². The summed E-state index contributed by atoms with van der Waals surface area (Å²) in [5.74, 6) is -0.893. The van der Waals surface area contributed by atoms with Crippen molar-refractivity contribution in [3.05, 3.63) is 72.8 Å². The molecule has 0 spiro atoms. The summed E-state index contributed by atoms with van der Waals surface area (Å²) in [4.78, 5) is 13.5. The van der Waals surface area contributed by atoms with Gasteiger partial charge < -0.3 is 5.11 Å². The first-order valence-electron chi connectivity index (χ1n) is 8.19. The summed E-state index contributed by atoms with van der Waals surface area (Å²) in [5, 5.41) is 11.7. The Morgan fingerprint density at radius 1 is 0.962 bits per heavy atom. The monoisotopic (exact) mass is 381 g/mol. The first-order chi connectivity index (χ1) is 12.4. The molecule has 3 aromatic rings. The highest BCUT2D eigenvalue weighted by Gasteiger charge is 2.32. The number of hydrogen-bond donors (Lipinski definition) is 1. The number of nitrogens with zero attached hydrogens (tertiary/aromatic N) is 1. The van der Waals surface area contributed by atoms with Gasteiger partial charge >= 0.3 is 5.97 Å². The normalized spacial score (nSPS) is 11.3. The molecule has 5 heteroatoms. The van der Waals surface area contributed by atoms with E-state index in [1.54, 1.807) is 13.8 Å². The van der Waals surface area contributed by atoms with Crippen LogP contribution < -0.4 is 4.90 Å². The minimum atomic E-state index is -1.02. The van der Waals surface area contributed by atoms with Crippen LogP contribution in [-0.2, 0) is 4.79 Å². The van der Waals surface area contributed by atoms with Crippen LogP contribution in [-0.4, -0.2) is 20.1 Å². The number of fused-ring (bicyclic) bond motifs is 1. The van der Waals surface area contributed by atoms with E-state index in [1.807, 2.05) is 59.5 Å². The largest absolute Gasteiger partial charge is 0.480 e. The van der Waals surface area contributed by atoms with Gasteiger partial charge in [-0.2, -0.15) is 0 Å². The first kappa shape index (κ1) is 18.4. The van der Waals surface area contributed by atoms with Gasteiger partial charge in [0, 0.05) is 11.1 Å². The average molecular weight is 382 g/mol. The van der Waals surface area contributed by atoms with Gasteiger partial charge in [-0.25, -0.2) is 0 Å². The van der Waals surface area contributed by atoms with E-state index in [1.165, 1.54) is 11.8 Å². The zero-order chi connectivity index (χ0) is 18.7. The fraction of sp³-hybridized carbons (Fsp3) is 0.143. The van der Waals surface area contributed by atoms with Gasteiger partial charge in [0.2, 0.25) is 0 Å². The number of thiocarbonyl (C=S) groups is 1. The Labute approximate surface area is 162 Å². The van der Waals surface area contributed by atoms with Crippen LogP contribution in [0.4, 0.5) is 11.4 Å². The molecule has 0 amide bonds. The van der Waals surface area contributed by atoms with Crippen LogP contribution in [0.15, 0.2) is 72.8 Å². The van der Waals surface area contributed by atoms with Gasteiger partial charge in [-0.15, -0.1) is 0 Å². The maximum atomic E-state index is 11.6. The van der Waals surface area contributed by atoms with E-state index in [0.29, 0.717) is 4.32 Å². The van der Waals surface area contributed by atoms with E-state index < -0.39 is 10.7 Å². The molecule has 0 radical (unpaired) electrons. The molecular formula is C21H19NO2S2. The quantitative estimate of drug-likeness (QED) is 0.573. The van der Waals surface area contributed by atoms with Crippen molar-refractivity contribution >= 4 is 56.4 Å². The molecule has 3 aromatic carbocycles. The van der Waals surface area contributed by atoms with Crippen molar-refractivity contribution in [2.75, 3.05) is 4.90 Å². The Balaban J connectivity index is 2.13. The SMILES string of the molecule is CC(C)(SC(=S)N(c1ccccc1)c1cccc2ccccc12)C(=O)O. The number of benzene rings is 3. The number of carboxylic acids is 1. The molecule has 3 nitrogen and oxygen atoms in total. The third-order valence-electron chi connectivity index (χ3n) is 4.06. The predicted molar refractivity (Wildman–Crippen MR) is 114 cm³/mol. The molecule has 3 rings (SSSR count). The second-order valence-electron chi connectivity index (χ2n) is 6.35. The average Bonchev–Trinajstić information content (AvgIpc) is 2.62. The first-order valence-corrected chi connectivity index (χ1v) is 9.42. The van der Waals surface area contributed by atoms with Crippen molar-refractivity contribution in [2.45, 2.75) is 18.6 Å². The maximum absolute atomic E-state index is 11.6. The Bertz CT molecular complexity index is 949. The lowest BCUT2D eigenvalue weighted by Crippen LogP contribution is -2.33. The van der Waals surface area contributed by atoms with Gasteiger partial charge in [-0.1, -0.05) is 78.6 Å². The van der Waals surface area contributed by atoms with E-state index in [4.69, 9.17) is 12.2 Å². The number of para-hydroxylation sites is 1. The molecule has 1 N–H and O–H groups in total. The highest BCUT2D eigenvalue weighted by atomic mass is 32.2. The third-order valence-corrected chi connectivity index (χ3v) is 5.54. The van der Waals surface area contributed by atoms with Crippen molar-refractivity contribution in [3.63, 3.8) is 0 Å². The summed E-state index contributed by atoms with van der Waals surface area (Å²) in [5.41, 5.74) is 1.84. The van der Waals surface area contributed by atoms with Gasteiger partial charge in [0.1, 0.15) is 9.07 Å². The van der Waals surface area contributed by atoms with Crippen LogP contribution in [0.25, 0.3) is 10.8 Å². The number of carboxylic acid groups (broad SMARTS) is 1. The number of aliphatic carboxylic acids is 1. The van der Waals surface area contributed by atoms with Gasteiger partial charge in [-0.3, -0.25) is 9.69 Å². The van der Waals surface area contributed by atoms with E-state index in [0.717, 1.165) is 22.1 Å². The molecule has 0 fully saturated rings. The van der Waals surface area contributed by atoms with Crippen LogP contribution in [0.5, 0.6) is 0 Å². The number of carbonyl (C=O) groups is 1. The lowest BCUT2D eigenvalue weighted by Gasteiger charge is -2.29. The van der Waals surface area contributed by atoms with Crippen molar-refractivity contribution in [3.8, 4) is 0 Å². The summed E-state index contributed by atoms with van der Waals surface area (Å²) in [7, 11) is 0. The van der Waals surface area contributed by atoms with E-state index in [2.05, 4.69) is 18.2 Å². The summed E-state index contributed by atoms with van der Waals surface area (Å²) in [6.45, 7) is 3.33. The minimum Gasteiger partial charge on any atom is -0.480 e. The molecule has 132 valence electrons. The van der Waals surface area contributed by atoms with Crippen molar-refractivity contribution < 1.29 is 9.90 Å². The molecular weight excluding hydrogens is 362 g/mol. The van der Waals surface area contributed by atoms with Crippen LogP contribution in [0.1, 0.15) is 13.8 Å². The molecule has 0 aliphatic rings. The molecule has 0 heterocycles. The molecule has 0 saturated heterocycles. The Hall–Kier alpha value is -2.37. The lowest BCUT2D eigenvalue weighted by atomic mass is 10.1. The van der Waals surface area contributed by atoms with Crippen LogP contribution in [0.2, 0.25) is 0 Å². The Morgan fingerprint density at radius 2 is 1.58 bits per heavy atom. The summed E-state index contributed by atoms with van der Waals surface area (Å²) in [6.07, 6.45) is 0. The molecule has 0 aliphatic heterocycles. The highest BCUT2D eigenvalue weighted by Crippen LogP contribution is 2.38. The van der Waals surface area contributed by atoms with E-state index >= 15 is 0 Å². The van der Waals surface area contributed by atoms with Gasteiger partial charge in [0.15, 0.2) is 0 Å². The number of anilines is 2. The number of rotatable bonds is 4. The lowest BCUT2D eigenvalue weighted by molar-refractivity contribution is -0.138.